The zero-order valence-electron chi connectivity index (χ0n) is 35.1. The first-order chi connectivity index (χ1) is 32.7. The summed E-state index contributed by atoms with van der Waals surface area (Å²) in [4.78, 5) is 20.8. The van der Waals surface area contributed by atoms with E-state index in [0.717, 1.165) is 88.2 Å². The van der Waals surface area contributed by atoms with Gasteiger partial charge in [0.2, 0.25) is 11.8 Å². The highest BCUT2D eigenvalue weighted by Gasteiger charge is 2.24. The molecule has 5 heterocycles. The Labute approximate surface area is 381 Å². The maximum absolute atomic E-state index is 6.46. The van der Waals surface area contributed by atoms with Crippen molar-refractivity contribution in [2.24, 2.45) is 0 Å². The Morgan fingerprint density at radius 3 is 1.70 bits per heavy atom. The van der Waals surface area contributed by atoms with E-state index in [9.17, 15) is 0 Å². The van der Waals surface area contributed by atoms with E-state index in [4.69, 9.17) is 24.4 Å². The first-order valence-corrected chi connectivity index (χ1v) is 22.8. The van der Waals surface area contributed by atoms with Crippen molar-refractivity contribution in [2.75, 3.05) is 0 Å². The van der Waals surface area contributed by atoms with Gasteiger partial charge in [0.05, 0.1) is 22.1 Å². The highest BCUT2D eigenvalue weighted by Crippen LogP contribution is 2.43. The molecular weight excluding hydrogens is 829 g/mol. The molecule has 0 radical (unpaired) electrons. The van der Waals surface area contributed by atoms with Crippen LogP contribution in [0.5, 0.6) is 0 Å². The number of benzene rings is 9. The maximum atomic E-state index is 6.46. The lowest BCUT2D eigenvalue weighted by Crippen LogP contribution is -2.07. The normalized spacial score (nSPS) is 11.9. The van der Waals surface area contributed by atoms with Crippen molar-refractivity contribution in [2.45, 2.75) is 0 Å². The quantitative estimate of drug-likeness (QED) is 0.166. The molecule has 0 aliphatic rings. The lowest BCUT2D eigenvalue weighted by atomic mass is 10.0. The maximum Gasteiger partial charge on any atom is 0.238 e. The molecule has 308 valence electrons. The van der Waals surface area contributed by atoms with Gasteiger partial charge in [0.15, 0.2) is 17.2 Å². The summed E-state index contributed by atoms with van der Waals surface area (Å²) in [6.45, 7) is 0. The van der Waals surface area contributed by atoms with Crippen molar-refractivity contribution in [1.82, 2.24) is 29.1 Å². The summed E-state index contributed by atoms with van der Waals surface area (Å²) in [5, 5.41) is 7.02. The van der Waals surface area contributed by atoms with Crippen LogP contribution in [0.1, 0.15) is 0 Å². The second-order valence-corrected chi connectivity index (χ2v) is 17.7. The monoisotopic (exact) mass is 862 g/mol. The van der Waals surface area contributed by atoms with Crippen LogP contribution in [-0.4, -0.2) is 29.1 Å². The van der Waals surface area contributed by atoms with Crippen molar-refractivity contribution in [3.05, 3.63) is 206 Å². The molecule has 8 heteroatoms. The minimum atomic E-state index is 0.552. The summed E-state index contributed by atoms with van der Waals surface area (Å²) in [6.07, 6.45) is 0. The average Bonchev–Trinajstić information content (AvgIpc) is 4.16. The predicted molar refractivity (Wildman–Crippen MR) is 271 cm³/mol. The number of thiophene rings is 1. The Hall–Kier alpha value is -8.72. The van der Waals surface area contributed by atoms with Gasteiger partial charge in [-0.1, -0.05) is 152 Å². The third kappa shape index (κ3) is 5.62. The van der Waals surface area contributed by atoms with E-state index in [1.807, 2.05) is 60.7 Å². The fourth-order valence-corrected chi connectivity index (χ4v) is 11.0. The zero-order valence-corrected chi connectivity index (χ0v) is 35.9. The fourth-order valence-electron chi connectivity index (χ4n) is 9.82. The lowest BCUT2D eigenvalue weighted by molar-refractivity contribution is 0.621. The van der Waals surface area contributed by atoms with Gasteiger partial charge in [-0.05, 0) is 60.2 Å². The van der Waals surface area contributed by atoms with Gasteiger partial charge < -0.3 is 8.98 Å². The zero-order chi connectivity index (χ0) is 43.3. The van der Waals surface area contributed by atoms with E-state index < -0.39 is 0 Å². The van der Waals surface area contributed by atoms with Crippen LogP contribution in [0.2, 0.25) is 0 Å². The molecule has 14 aromatic rings. The summed E-state index contributed by atoms with van der Waals surface area (Å²) < 4.78 is 13.6. The predicted octanol–water partition coefficient (Wildman–Crippen LogP) is 15.2. The van der Waals surface area contributed by atoms with Crippen molar-refractivity contribution in [3.63, 3.8) is 0 Å². The van der Waals surface area contributed by atoms with E-state index in [1.165, 1.54) is 20.2 Å². The Bertz CT molecular complexity index is 4220. The van der Waals surface area contributed by atoms with Gasteiger partial charge in [-0.15, -0.1) is 11.3 Å². The topological polar surface area (TPSA) is 74.6 Å². The van der Waals surface area contributed by atoms with Crippen LogP contribution < -0.4 is 0 Å². The van der Waals surface area contributed by atoms with Gasteiger partial charge >= 0.3 is 0 Å². The Morgan fingerprint density at radius 1 is 0.379 bits per heavy atom. The van der Waals surface area contributed by atoms with E-state index in [2.05, 4.69) is 155 Å². The van der Waals surface area contributed by atoms with Gasteiger partial charge in [0, 0.05) is 69.7 Å². The van der Waals surface area contributed by atoms with Gasteiger partial charge in [-0.2, -0.15) is 9.97 Å². The molecule has 0 bridgehead atoms. The molecule has 0 saturated carbocycles. The first-order valence-electron chi connectivity index (χ1n) is 22.0. The van der Waals surface area contributed by atoms with E-state index in [1.54, 1.807) is 11.3 Å². The number of fused-ring (bicyclic) bond motifs is 11. The van der Waals surface area contributed by atoms with Crippen LogP contribution in [0.25, 0.3) is 132 Å². The molecule has 5 aromatic heterocycles. The Balaban J connectivity index is 1.00. The first kappa shape index (κ1) is 36.7. The summed E-state index contributed by atoms with van der Waals surface area (Å²) >= 11 is 1.79. The fraction of sp³-hybridized carbons (Fsp3) is 0. The van der Waals surface area contributed by atoms with Gasteiger partial charge in [0.25, 0.3) is 0 Å². The third-order valence-electron chi connectivity index (χ3n) is 12.8. The molecule has 14 rings (SSSR count). The van der Waals surface area contributed by atoms with Crippen LogP contribution in [0, 0.1) is 0 Å². The summed E-state index contributed by atoms with van der Waals surface area (Å²) in [5.41, 5.74) is 11.7. The Kier molecular flexibility index (Phi) is 8.02. The van der Waals surface area contributed by atoms with Crippen molar-refractivity contribution in [1.29, 1.82) is 0 Å². The minimum Gasteiger partial charge on any atom is -0.435 e. The standard InChI is InChI=1S/C58H34N6OS/c1-3-14-36(15-4-1)55-60-56(38-28-31-44-43-20-9-12-25-50(43)66-51(44)34-38)62-58(61-55)64-49-24-11-8-19-42(49)46-33-32-45-41-18-7-10-23-48(41)63(52(45)53(46)64)39-29-26-35(27-30-39)40-21-13-22-47-54(40)65-57(59-47)37-16-5-2-6-17-37/h1-34H. The van der Waals surface area contributed by atoms with Crippen molar-refractivity contribution >= 4 is 86.2 Å². The summed E-state index contributed by atoms with van der Waals surface area (Å²) in [6, 6.07) is 72.1. The second kappa shape index (κ2) is 14.4. The number of rotatable bonds is 6. The van der Waals surface area contributed by atoms with Crippen LogP contribution in [-0.2, 0) is 0 Å². The molecule has 0 aliphatic carbocycles. The van der Waals surface area contributed by atoms with Gasteiger partial charge in [-0.3, -0.25) is 4.57 Å². The molecule has 0 amide bonds. The molecule has 0 saturated heterocycles. The molecule has 0 N–H and O–H groups in total. The number of nitrogens with zero attached hydrogens (tertiary/aromatic N) is 6. The molecule has 0 unspecified atom stereocenters. The van der Waals surface area contributed by atoms with E-state index in [0.29, 0.717) is 23.5 Å². The highest BCUT2D eigenvalue weighted by molar-refractivity contribution is 7.25. The van der Waals surface area contributed by atoms with Crippen LogP contribution in [0.15, 0.2) is 211 Å². The van der Waals surface area contributed by atoms with Crippen molar-refractivity contribution < 1.29 is 4.42 Å². The molecule has 7 nitrogen and oxygen atoms in total. The molecule has 66 heavy (non-hydrogen) atoms. The molecule has 0 atom stereocenters. The van der Waals surface area contributed by atoms with Gasteiger partial charge in [-0.25, -0.2) is 9.97 Å². The smallest absolute Gasteiger partial charge is 0.238 e. The SMILES string of the molecule is c1ccc(-c2nc(-c3ccc4c(c3)sc3ccccc34)nc(-n3c4ccccc4c4ccc5c6ccccc6n(-c6ccc(-c7cccc8nc(-c9ccccc9)oc78)cc6)c5c43)n2)cc1. The van der Waals surface area contributed by atoms with Crippen LogP contribution in [0.3, 0.4) is 0 Å². The van der Waals surface area contributed by atoms with E-state index in [-0.39, 0.29) is 0 Å². The Morgan fingerprint density at radius 2 is 0.955 bits per heavy atom. The van der Waals surface area contributed by atoms with Crippen LogP contribution in [0.4, 0.5) is 0 Å². The molecule has 0 aliphatic heterocycles. The van der Waals surface area contributed by atoms with Gasteiger partial charge in [0.1, 0.15) is 5.52 Å². The lowest BCUT2D eigenvalue weighted by Gasteiger charge is -2.14. The average molecular weight is 863 g/mol. The number of hydrogen-bond donors (Lipinski definition) is 0. The molecule has 0 fully saturated rings. The van der Waals surface area contributed by atoms with E-state index >= 15 is 0 Å². The summed E-state index contributed by atoms with van der Waals surface area (Å²) in [5.74, 6) is 2.39. The highest BCUT2D eigenvalue weighted by atomic mass is 32.1. The minimum absolute atomic E-state index is 0.552. The summed E-state index contributed by atoms with van der Waals surface area (Å²) in [7, 11) is 0. The largest absolute Gasteiger partial charge is 0.435 e. The molecular formula is C58H34N6OS. The molecule has 0 spiro atoms. The number of hydrogen-bond acceptors (Lipinski definition) is 6. The van der Waals surface area contributed by atoms with Crippen LogP contribution >= 0.6 is 11.3 Å². The number of oxazole rings is 1. The number of para-hydroxylation sites is 3. The molecule has 9 aromatic carbocycles. The van der Waals surface area contributed by atoms with Crippen molar-refractivity contribution in [3.8, 4) is 57.0 Å². The second-order valence-electron chi connectivity index (χ2n) is 16.6. The number of aromatic nitrogens is 6. The third-order valence-corrected chi connectivity index (χ3v) is 14.0.